The maximum absolute atomic E-state index is 12.4. The Balaban J connectivity index is 1.44. The zero-order chi connectivity index (χ0) is 17.8. The molecular weight excluding hydrogens is 344 g/mol. The maximum Gasteiger partial charge on any atom is 0.331 e. The van der Waals surface area contributed by atoms with E-state index in [9.17, 15) is 19.2 Å². The van der Waals surface area contributed by atoms with E-state index in [2.05, 4.69) is 0 Å². The number of amides is 3. The number of hydrogen-bond acceptors (Lipinski definition) is 6. The Morgan fingerprint density at radius 2 is 1.88 bits per heavy atom. The number of esters is 1. The predicted molar refractivity (Wildman–Crippen MR) is 88.6 cm³/mol. The van der Waals surface area contributed by atoms with Gasteiger partial charge in [0.05, 0.1) is 16.0 Å². The van der Waals surface area contributed by atoms with Gasteiger partial charge in [0, 0.05) is 12.2 Å². The fraction of sp³-hybridized carbons (Fsp3) is 0.412. The van der Waals surface area contributed by atoms with Gasteiger partial charge < -0.3 is 9.64 Å². The number of benzene rings is 1. The van der Waals surface area contributed by atoms with Crippen LogP contribution in [0.15, 0.2) is 24.3 Å². The second-order valence-corrected chi connectivity index (χ2v) is 7.94. The van der Waals surface area contributed by atoms with Gasteiger partial charge in [0.15, 0.2) is 6.73 Å². The molecule has 0 N–H and O–H groups in total. The summed E-state index contributed by atoms with van der Waals surface area (Å²) in [6.07, 6.45) is 1.13. The van der Waals surface area contributed by atoms with Gasteiger partial charge in [-0.1, -0.05) is 12.1 Å². The molecule has 2 atom stereocenters. The number of ether oxygens (including phenoxy) is 1. The normalized spacial score (nSPS) is 27.7. The lowest BCUT2D eigenvalue weighted by Gasteiger charge is -2.29. The highest BCUT2D eigenvalue weighted by atomic mass is 32.2. The van der Waals surface area contributed by atoms with Gasteiger partial charge in [-0.05, 0) is 25.5 Å². The fourth-order valence-corrected chi connectivity index (χ4v) is 4.99. The van der Waals surface area contributed by atoms with E-state index in [1.165, 1.54) is 0 Å². The van der Waals surface area contributed by atoms with Crippen molar-refractivity contribution in [3.05, 3.63) is 35.4 Å². The van der Waals surface area contributed by atoms with Crippen LogP contribution in [0.4, 0.5) is 0 Å². The summed E-state index contributed by atoms with van der Waals surface area (Å²) in [4.78, 5) is 51.2. The lowest BCUT2D eigenvalue weighted by molar-refractivity contribution is -0.155. The molecule has 0 aliphatic carbocycles. The first-order valence-electron chi connectivity index (χ1n) is 8.00. The first-order valence-corrected chi connectivity index (χ1v) is 8.99. The Hall–Kier alpha value is -2.35. The van der Waals surface area contributed by atoms with Crippen LogP contribution in [0.25, 0.3) is 0 Å². The summed E-state index contributed by atoms with van der Waals surface area (Å²) in [7, 11) is 0. The molecular formula is C17H16N2O5S. The van der Waals surface area contributed by atoms with Crippen molar-refractivity contribution < 1.29 is 23.9 Å². The summed E-state index contributed by atoms with van der Waals surface area (Å²) in [5.41, 5.74) is 0.615. The van der Waals surface area contributed by atoms with Crippen molar-refractivity contribution in [2.24, 2.45) is 0 Å². The number of imide groups is 1. The van der Waals surface area contributed by atoms with Crippen LogP contribution in [-0.4, -0.2) is 56.9 Å². The van der Waals surface area contributed by atoms with Crippen LogP contribution in [0.2, 0.25) is 0 Å². The number of nitrogens with zero attached hydrogens (tertiary/aromatic N) is 2. The molecule has 0 aromatic heterocycles. The van der Waals surface area contributed by atoms with Gasteiger partial charge in [0.2, 0.25) is 5.91 Å². The molecule has 3 aliphatic rings. The molecule has 1 aromatic carbocycles. The largest absolute Gasteiger partial charge is 0.442 e. The van der Waals surface area contributed by atoms with Crippen molar-refractivity contribution in [1.29, 1.82) is 0 Å². The summed E-state index contributed by atoms with van der Waals surface area (Å²) in [5.74, 6) is -1.13. The molecule has 3 aliphatic heterocycles. The van der Waals surface area contributed by atoms with Gasteiger partial charge in [-0.2, -0.15) is 0 Å². The number of hydrogen-bond donors (Lipinski definition) is 0. The number of fused-ring (bicyclic) bond motifs is 2. The first-order chi connectivity index (χ1) is 11.9. The minimum atomic E-state index is -0.666. The molecule has 0 spiro atoms. The van der Waals surface area contributed by atoms with Crippen LogP contribution in [0, 0.1) is 0 Å². The third kappa shape index (κ3) is 2.35. The Morgan fingerprint density at radius 3 is 2.52 bits per heavy atom. The molecule has 25 heavy (non-hydrogen) atoms. The molecule has 8 heteroatoms. The molecule has 130 valence electrons. The molecule has 2 fully saturated rings. The van der Waals surface area contributed by atoms with E-state index in [0.29, 0.717) is 29.7 Å². The molecule has 3 amide bonds. The Bertz CT molecular complexity index is 775. The topological polar surface area (TPSA) is 84.0 Å². The Labute approximate surface area is 148 Å². The highest BCUT2D eigenvalue weighted by molar-refractivity contribution is 8.01. The zero-order valence-corrected chi connectivity index (χ0v) is 14.4. The second kappa shape index (κ2) is 5.59. The maximum atomic E-state index is 12.4. The minimum Gasteiger partial charge on any atom is -0.442 e. The van der Waals surface area contributed by atoms with Gasteiger partial charge in [-0.25, -0.2) is 9.69 Å². The molecule has 1 aromatic rings. The fourth-order valence-electron chi connectivity index (χ4n) is 3.58. The Morgan fingerprint density at radius 1 is 1.24 bits per heavy atom. The van der Waals surface area contributed by atoms with E-state index in [4.69, 9.17) is 4.74 Å². The van der Waals surface area contributed by atoms with Crippen LogP contribution >= 0.6 is 11.8 Å². The van der Waals surface area contributed by atoms with E-state index < -0.39 is 30.6 Å². The third-order valence-electron chi connectivity index (χ3n) is 4.93. The summed E-state index contributed by atoms with van der Waals surface area (Å²) >= 11 is 1.56. The summed E-state index contributed by atoms with van der Waals surface area (Å²) < 4.78 is 5.22. The first kappa shape index (κ1) is 16.1. The lowest BCUT2D eigenvalue weighted by Crippen LogP contribution is -2.47. The van der Waals surface area contributed by atoms with E-state index in [-0.39, 0.29) is 10.8 Å². The number of rotatable bonds is 3. The van der Waals surface area contributed by atoms with E-state index in [0.717, 1.165) is 4.90 Å². The average molecular weight is 360 g/mol. The SMILES string of the molecule is C[C@]12CCC(=O)N1[C@H](C(=O)OCN1C(=O)c3ccccc3C1=O)CS2. The minimum absolute atomic E-state index is 0.0600. The number of carbonyl (C=O) groups is 4. The highest BCUT2D eigenvalue weighted by Gasteiger charge is 2.53. The van der Waals surface area contributed by atoms with Gasteiger partial charge in [0.1, 0.15) is 6.04 Å². The average Bonchev–Trinajstić information content (AvgIpc) is 3.18. The third-order valence-corrected chi connectivity index (χ3v) is 6.44. The molecule has 2 saturated heterocycles. The summed E-state index contributed by atoms with van der Waals surface area (Å²) in [6, 6.07) is 5.82. The summed E-state index contributed by atoms with van der Waals surface area (Å²) in [5, 5.41) is 0. The van der Waals surface area contributed by atoms with Crippen LogP contribution in [0.3, 0.4) is 0 Å². The zero-order valence-electron chi connectivity index (χ0n) is 13.6. The smallest absolute Gasteiger partial charge is 0.331 e. The lowest BCUT2D eigenvalue weighted by atomic mass is 10.1. The Kier molecular flexibility index (Phi) is 3.61. The van der Waals surface area contributed by atoms with Crippen molar-refractivity contribution in [1.82, 2.24) is 9.80 Å². The van der Waals surface area contributed by atoms with Crippen molar-refractivity contribution in [3.8, 4) is 0 Å². The highest BCUT2D eigenvalue weighted by Crippen LogP contribution is 2.47. The van der Waals surface area contributed by atoms with Gasteiger partial charge in [-0.3, -0.25) is 14.4 Å². The number of carbonyl (C=O) groups excluding carboxylic acids is 4. The van der Waals surface area contributed by atoms with Crippen molar-refractivity contribution >= 4 is 35.5 Å². The van der Waals surface area contributed by atoms with Crippen LogP contribution in [-0.2, 0) is 14.3 Å². The standard InChI is InChI=1S/C17H16N2O5S/c1-17-7-6-13(20)19(17)12(8-25-17)16(23)24-9-18-14(21)10-4-2-3-5-11(10)15(18)22/h2-5,12H,6-9H2,1H3/t12-,17-/m0/s1. The monoisotopic (exact) mass is 360 g/mol. The predicted octanol–water partition coefficient (Wildman–Crippen LogP) is 1.24. The van der Waals surface area contributed by atoms with E-state index >= 15 is 0 Å². The molecule has 0 radical (unpaired) electrons. The molecule has 0 saturated carbocycles. The molecule has 3 heterocycles. The number of thioether (sulfide) groups is 1. The van der Waals surface area contributed by atoms with Gasteiger partial charge in [-0.15, -0.1) is 11.8 Å². The molecule has 0 bridgehead atoms. The van der Waals surface area contributed by atoms with Crippen molar-refractivity contribution in [2.75, 3.05) is 12.5 Å². The van der Waals surface area contributed by atoms with Crippen LogP contribution in [0.5, 0.6) is 0 Å². The second-order valence-electron chi connectivity index (χ2n) is 6.44. The summed E-state index contributed by atoms with van der Waals surface area (Å²) in [6.45, 7) is 1.51. The van der Waals surface area contributed by atoms with Gasteiger partial charge >= 0.3 is 5.97 Å². The van der Waals surface area contributed by atoms with Crippen LogP contribution < -0.4 is 0 Å². The van der Waals surface area contributed by atoms with Crippen molar-refractivity contribution in [2.45, 2.75) is 30.7 Å². The van der Waals surface area contributed by atoms with Gasteiger partial charge in [0.25, 0.3) is 11.8 Å². The molecule has 4 rings (SSSR count). The molecule has 0 unspecified atom stereocenters. The van der Waals surface area contributed by atoms with E-state index in [1.807, 2.05) is 6.92 Å². The quantitative estimate of drug-likeness (QED) is 0.596. The van der Waals surface area contributed by atoms with Crippen LogP contribution in [0.1, 0.15) is 40.5 Å². The van der Waals surface area contributed by atoms with E-state index in [1.54, 1.807) is 40.9 Å². The molecule has 7 nitrogen and oxygen atoms in total. The van der Waals surface area contributed by atoms with Crippen molar-refractivity contribution in [3.63, 3.8) is 0 Å².